The number of rotatable bonds is 9. The molecule has 0 saturated heterocycles. The molecule has 0 heterocycles. The van der Waals surface area contributed by atoms with E-state index in [-0.39, 0.29) is 17.1 Å². The number of nitrogens with one attached hydrogen (secondary N) is 2. The highest BCUT2D eigenvalue weighted by Crippen LogP contribution is 2.29. The Bertz CT molecular complexity index is 1160. The molecule has 1 amide bonds. The van der Waals surface area contributed by atoms with Gasteiger partial charge in [-0.05, 0) is 43.2 Å². The molecular formula is C24H26N2O5S. The predicted molar refractivity (Wildman–Crippen MR) is 124 cm³/mol. The Morgan fingerprint density at radius 1 is 0.906 bits per heavy atom. The average Bonchev–Trinajstić information content (AvgIpc) is 2.80. The molecule has 0 aromatic heterocycles. The molecule has 0 saturated carbocycles. The van der Waals surface area contributed by atoms with Crippen LogP contribution in [-0.4, -0.2) is 34.6 Å². The molecule has 1 unspecified atom stereocenters. The van der Waals surface area contributed by atoms with E-state index in [9.17, 15) is 13.2 Å². The zero-order chi connectivity index (χ0) is 23.1. The molecule has 0 aliphatic heterocycles. The third-order valence-corrected chi connectivity index (χ3v) is 6.35. The largest absolute Gasteiger partial charge is 0.493 e. The number of methoxy groups -OCH3 is 2. The van der Waals surface area contributed by atoms with Gasteiger partial charge in [0.15, 0.2) is 11.5 Å². The van der Waals surface area contributed by atoms with E-state index in [1.165, 1.54) is 32.4 Å². The van der Waals surface area contributed by atoms with Crippen LogP contribution >= 0.6 is 0 Å². The first-order valence-corrected chi connectivity index (χ1v) is 11.5. The van der Waals surface area contributed by atoms with Gasteiger partial charge in [0.25, 0.3) is 0 Å². The highest BCUT2D eigenvalue weighted by molar-refractivity contribution is 7.89. The Labute approximate surface area is 188 Å². The van der Waals surface area contributed by atoms with Gasteiger partial charge < -0.3 is 14.8 Å². The number of hydrogen-bond donors (Lipinski definition) is 2. The standard InChI is InChI=1S/C24H26N2O5S/c1-17-9-11-19(12-10-17)25-24(27)21(15-18-7-5-4-6-8-18)26-32(28,29)20-13-14-22(30-2)23(16-20)31-3/h4-14,16,21,26H,15H2,1-3H3,(H,25,27). The van der Waals surface area contributed by atoms with Gasteiger partial charge in [0, 0.05) is 11.8 Å². The van der Waals surface area contributed by atoms with Crippen LogP contribution in [0.4, 0.5) is 5.69 Å². The number of anilines is 1. The number of amides is 1. The summed E-state index contributed by atoms with van der Waals surface area (Å²) in [7, 11) is -1.13. The fraction of sp³-hybridized carbons (Fsp3) is 0.208. The molecule has 7 nitrogen and oxygen atoms in total. The van der Waals surface area contributed by atoms with Crippen LogP contribution in [0.1, 0.15) is 11.1 Å². The summed E-state index contributed by atoms with van der Waals surface area (Å²) in [4.78, 5) is 13.0. The smallest absolute Gasteiger partial charge is 0.242 e. The van der Waals surface area contributed by atoms with Crippen LogP contribution in [0.15, 0.2) is 77.7 Å². The molecule has 0 aliphatic carbocycles. The minimum atomic E-state index is -4.03. The molecule has 0 bridgehead atoms. The Morgan fingerprint density at radius 2 is 1.56 bits per heavy atom. The van der Waals surface area contributed by atoms with Gasteiger partial charge >= 0.3 is 0 Å². The second-order valence-corrected chi connectivity index (χ2v) is 8.95. The molecule has 3 aromatic rings. The molecule has 168 valence electrons. The maximum Gasteiger partial charge on any atom is 0.242 e. The lowest BCUT2D eigenvalue weighted by atomic mass is 10.1. The van der Waals surface area contributed by atoms with Gasteiger partial charge in [-0.2, -0.15) is 4.72 Å². The van der Waals surface area contributed by atoms with Gasteiger partial charge in [0.1, 0.15) is 6.04 Å². The SMILES string of the molecule is COc1ccc(S(=O)(=O)NC(Cc2ccccc2)C(=O)Nc2ccc(C)cc2)cc1OC. The summed E-state index contributed by atoms with van der Waals surface area (Å²) in [6.45, 7) is 1.95. The van der Waals surface area contributed by atoms with E-state index in [2.05, 4.69) is 10.0 Å². The van der Waals surface area contributed by atoms with Crippen molar-refractivity contribution in [1.29, 1.82) is 0 Å². The lowest BCUT2D eigenvalue weighted by Gasteiger charge is -2.19. The van der Waals surface area contributed by atoms with Crippen molar-refractivity contribution >= 4 is 21.6 Å². The zero-order valence-electron chi connectivity index (χ0n) is 18.2. The number of ether oxygens (including phenoxy) is 2. The van der Waals surface area contributed by atoms with E-state index in [1.807, 2.05) is 49.4 Å². The Morgan fingerprint density at radius 3 is 2.19 bits per heavy atom. The predicted octanol–water partition coefficient (Wildman–Crippen LogP) is 3.54. The second kappa shape index (κ2) is 10.3. The van der Waals surface area contributed by atoms with Gasteiger partial charge in [0.2, 0.25) is 15.9 Å². The first-order valence-electron chi connectivity index (χ1n) is 9.98. The fourth-order valence-electron chi connectivity index (χ4n) is 3.14. The summed E-state index contributed by atoms with van der Waals surface area (Å²) in [5.74, 6) is 0.227. The number of hydrogen-bond acceptors (Lipinski definition) is 5. The van der Waals surface area contributed by atoms with E-state index in [4.69, 9.17) is 9.47 Å². The first kappa shape index (κ1) is 23.3. The van der Waals surface area contributed by atoms with Gasteiger partial charge in [-0.1, -0.05) is 48.0 Å². The Balaban J connectivity index is 1.88. The maximum absolute atomic E-state index is 13.1. The molecule has 0 aliphatic rings. The molecule has 0 radical (unpaired) electrons. The van der Waals surface area contributed by atoms with Crippen molar-refractivity contribution in [2.45, 2.75) is 24.3 Å². The maximum atomic E-state index is 13.1. The van der Waals surface area contributed by atoms with Crippen molar-refractivity contribution < 1.29 is 22.7 Å². The minimum absolute atomic E-state index is 0.0312. The Hall–Kier alpha value is -3.36. The summed E-state index contributed by atoms with van der Waals surface area (Å²) >= 11 is 0. The molecular weight excluding hydrogens is 428 g/mol. The van der Waals surface area contributed by atoms with Gasteiger partial charge in [-0.3, -0.25) is 4.79 Å². The number of sulfonamides is 1. The van der Waals surface area contributed by atoms with Crippen molar-refractivity contribution in [3.05, 3.63) is 83.9 Å². The zero-order valence-corrected chi connectivity index (χ0v) is 19.0. The number of carbonyl (C=O) groups excluding carboxylic acids is 1. The van der Waals surface area contributed by atoms with Crippen LogP contribution in [-0.2, 0) is 21.2 Å². The summed E-state index contributed by atoms with van der Waals surface area (Å²) in [5.41, 5.74) is 2.47. The first-order chi connectivity index (χ1) is 15.3. The molecule has 8 heteroatoms. The third-order valence-electron chi connectivity index (χ3n) is 4.88. The second-order valence-electron chi connectivity index (χ2n) is 7.24. The van der Waals surface area contributed by atoms with Gasteiger partial charge in [-0.15, -0.1) is 0 Å². The highest BCUT2D eigenvalue weighted by atomic mass is 32.2. The number of carbonyl (C=O) groups is 1. The fourth-order valence-corrected chi connectivity index (χ4v) is 4.35. The third kappa shape index (κ3) is 5.87. The molecule has 32 heavy (non-hydrogen) atoms. The van der Waals surface area contributed by atoms with Crippen LogP contribution in [0.25, 0.3) is 0 Å². The lowest BCUT2D eigenvalue weighted by molar-refractivity contribution is -0.117. The van der Waals surface area contributed by atoms with Gasteiger partial charge in [-0.25, -0.2) is 8.42 Å². The highest BCUT2D eigenvalue weighted by Gasteiger charge is 2.27. The molecule has 2 N–H and O–H groups in total. The van der Waals surface area contributed by atoms with E-state index < -0.39 is 22.0 Å². The number of aryl methyl sites for hydroxylation is 1. The summed E-state index contributed by atoms with van der Waals surface area (Å²) < 4.78 is 39.2. The van der Waals surface area contributed by atoms with Crippen molar-refractivity contribution in [2.75, 3.05) is 19.5 Å². The van der Waals surface area contributed by atoms with Crippen LogP contribution in [0.5, 0.6) is 11.5 Å². The quantitative estimate of drug-likeness (QED) is 0.516. The summed E-state index contributed by atoms with van der Waals surface area (Å²) in [5, 5.41) is 2.79. The summed E-state index contributed by atoms with van der Waals surface area (Å²) in [6.07, 6.45) is 0.186. The van der Waals surface area contributed by atoms with Crippen molar-refractivity contribution in [2.24, 2.45) is 0 Å². The summed E-state index contributed by atoms with van der Waals surface area (Å²) in [6, 6.07) is 19.8. The van der Waals surface area contributed by atoms with E-state index in [0.29, 0.717) is 11.4 Å². The van der Waals surface area contributed by atoms with Crippen LogP contribution < -0.4 is 19.5 Å². The Kier molecular flexibility index (Phi) is 7.50. The van der Waals surface area contributed by atoms with Crippen molar-refractivity contribution in [1.82, 2.24) is 4.72 Å². The molecule has 3 aromatic carbocycles. The van der Waals surface area contributed by atoms with E-state index >= 15 is 0 Å². The molecule has 3 rings (SSSR count). The lowest BCUT2D eigenvalue weighted by Crippen LogP contribution is -2.45. The molecule has 0 fully saturated rings. The van der Waals surface area contributed by atoms with Gasteiger partial charge in [0.05, 0.1) is 19.1 Å². The molecule has 0 spiro atoms. The minimum Gasteiger partial charge on any atom is -0.493 e. The van der Waals surface area contributed by atoms with Crippen molar-refractivity contribution in [3.63, 3.8) is 0 Å². The average molecular weight is 455 g/mol. The number of benzene rings is 3. The van der Waals surface area contributed by atoms with Crippen LogP contribution in [0.2, 0.25) is 0 Å². The van der Waals surface area contributed by atoms with E-state index in [1.54, 1.807) is 12.1 Å². The van der Waals surface area contributed by atoms with E-state index in [0.717, 1.165) is 11.1 Å². The molecule has 1 atom stereocenters. The van der Waals surface area contributed by atoms with Crippen LogP contribution in [0, 0.1) is 6.92 Å². The van der Waals surface area contributed by atoms with Crippen molar-refractivity contribution in [3.8, 4) is 11.5 Å². The normalized spacial score (nSPS) is 12.1. The topological polar surface area (TPSA) is 93.7 Å². The van der Waals surface area contributed by atoms with Crippen LogP contribution in [0.3, 0.4) is 0 Å². The monoisotopic (exact) mass is 454 g/mol.